The molecule has 0 heterocycles. The fraction of sp³-hybridized carbons (Fsp3) is 0.400. The number of aliphatic hydroxyl groups is 1. The average molecular weight is 282 g/mol. The number of halogens is 1. The van der Waals surface area contributed by atoms with Gasteiger partial charge in [0, 0.05) is 24.3 Å². The van der Waals surface area contributed by atoms with Crippen molar-refractivity contribution >= 4 is 23.1 Å². The van der Waals surface area contributed by atoms with Crippen LogP contribution in [0.15, 0.2) is 30.3 Å². The molecule has 3 nitrogen and oxygen atoms in total. The molecule has 0 bridgehead atoms. The quantitative estimate of drug-likeness (QED) is 0.788. The lowest BCUT2D eigenvalue weighted by molar-refractivity contribution is -0.116. The molecule has 0 aliphatic carbocycles. The Morgan fingerprint density at radius 2 is 2.16 bits per heavy atom. The Labute approximate surface area is 119 Å². The Hall–Kier alpha value is -1.32. The van der Waals surface area contributed by atoms with E-state index in [2.05, 4.69) is 5.32 Å². The topological polar surface area (TPSA) is 49.3 Å². The lowest BCUT2D eigenvalue weighted by Crippen LogP contribution is -2.27. The van der Waals surface area contributed by atoms with Gasteiger partial charge in [-0.15, -0.1) is 0 Å². The van der Waals surface area contributed by atoms with Crippen molar-refractivity contribution in [1.82, 2.24) is 5.32 Å². The molecule has 0 aromatic heterocycles. The standard InChI is InChI=1S/C15H20ClNO2/c1-11(7-8-18)10-17-15(19)9-12(2)13-5-3-4-6-14(13)16/h3-6,9,11,18H,7-8,10H2,1-2H3,(H,17,19)/b12-9-. The van der Waals surface area contributed by atoms with Crippen molar-refractivity contribution in [1.29, 1.82) is 0 Å². The summed E-state index contributed by atoms with van der Waals surface area (Å²) in [7, 11) is 0. The summed E-state index contributed by atoms with van der Waals surface area (Å²) in [5.74, 6) is 0.130. The highest BCUT2D eigenvalue weighted by molar-refractivity contribution is 6.32. The van der Waals surface area contributed by atoms with Crippen molar-refractivity contribution < 1.29 is 9.90 Å². The number of aliphatic hydroxyl groups excluding tert-OH is 1. The van der Waals surface area contributed by atoms with Gasteiger partial charge >= 0.3 is 0 Å². The molecule has 19 heavy (non-hydrogen) atoms. The smallest absolute Gasteiger partial charge is 0.244 e. The van der Waals surface area contributed by atoms with Gasteiger partial charge in [-0.25, -0.2) is 0 Å². The second kappa shape index (κ2) is 7.97. The van der Waals surface area contributed by atoms with E-state index in [0.717, 1.165) is 11.1 Å². The highest BCUT2D eigenvalue weighted by atomic mass is 35.5. The minimum atomic E-state index is -0.137. The third kappa shape index (κ3) is 5.45. The van der Waals surface area contributed by atoms with Crippen LogP contribution in [0.3, 0.4) is 0 Å². The third-order valence-electron chi connectivity index (χ3n) is 2.89. The second-order valence-corrected chi connectivity index (χ2v) is 5.08. The average Bonchev–Trinajstić information content (AvgIpc) is 2.37. The zero-order chi connectivity index (χ0) is 14.3. The van der Waals surface area contributed by atoms with Crippen LogP contribution < -0.4 is 5.32 Å². The second-order valence-electron chi connectivity index (χ2n) is 4.67. The van der Waals surface area contributed by atoms with Gasteiger partial charge in [0.25, 0.3) is 0 Å². The third-order valence-corrected chi connectivity index (χ3v) is 3.22. The number of carbonyl (C=O) groups is 1. The van der Waals surface area contributed by atoms with E-state index >= 15 is 0 Å². The minimum Gasteiger partial charge on any atom is -0.396 e. The number of amides is 1. The number of allylic oxidation sites excluding steroid dienone is 1. The Balaban J connectivity index is 2.59. The monoisotopic (exact) mass is 281 g/mol. The molecule has 1 rings (SSSR count). The highest BCUT2D eigenvalue weighted by Gasteiger charge is 2.06. The van der Waals surface area contributed by atoms with Crippen molar-refractivity contribution in [2.24, 2.45) is 5.92 Å². The molecule has 1 atom stereocenters. The molecule has 0 aliphatic heterocycles. The van der Waals surface area contributed by atoms with E-state index in [1.165, 1.54) is 0 Å². The molecular weight excluding hydrogens is 262 g/mol. The molecule has 0 spiro atoms. The van der Waals surface area contributed by atoms with Crippen LogP contribution >= 0.6 is 11.6 Å². The number of hydrogen-bond donors (Lipinski definition) is 2. The van der Waals surface area contributed by atoms with Crippen molar-refractivity contribution in [3.05, 3.63) is 40.9 Å². The molecule has 1 unspecified atom stereocenters. The van der Waals surface area contributed by atoms with Crippen LogP contribution in [0, 0.1) is 5.92 Å². The Morgan fingerprint density at radius 1 is 1.47 bits per heavy atom. The summed E-state index contributed by atoms with van der Waals surface area (Å²) in [5, 5.41) is 12.2. The molecule has 4 heteroatoms. The summed E-state index contributed by atoms with van der Waals surface area (Å²) < 4.78 is 0. The van der Waals surface area contributed by atoms with Gasteiger partial charge < -0.3 is 10.4 Å². The first-order valence-corrected chi connectivity index (χ1v) is 6.74. The van der Waals surface area contributed by atoms with Crippen molar-refractivity contribution in [3.63, 3.8) is 0 Å². The van der Waals surface area contributed by atoms with Crippen LogP contribution in [-0.4, -0.2) is 24.2 Å². The molecule has 2 N–H and O–H groups in total. The molecule has 0 radical (unpaired) electrons. The van der Waals surface area contributed by atoms with Crippen molar-refractivity contribution in [2.45, 2.75) is 20.3 Å². The molecular formula is C15H20ClNO2. The van der Waals surface area contributed by atoms with Gasteiger partial charge in [-0.1, -0.05) is 36.7 Å². The van der Waals surface area contributed by atoms with E-state index in [1.807, 2.05) is 32.0 Å². The lowest BCUT2D eigenvalue weighted by atomic mass is 10.1. The fourth-order valence-electron chi connectivity index (χ4n) is 1.70. The van der Waals surface area contributed by atoms with Gasteiger partial charge in [0.15, 0.2) is 0 Å². The number of nitrogens with one attached hydrogen (secondary N) is 1. The zero-order valence-electron chi connectivity index (χ0n) is 11.3. The van der Waals surface area contributed by atoms with Gasteiger partial charge in [-0.2, -0.15) is 0 Å². The maximum Gasteiger partial charge on any atom is 0.244 e. The molecule has 104 valence electrons. The van der Waals surface area contributed by atoms with Crippen LogP contribution in [0.2, 0.25) is 5.02 Å². The maximum atomic E-state index is 11.8. The molecule has 1 aromatic carbocycles. The Kier molecular flexibility index (Phi) is 6.60. The van der Waals surface area contributed by atoms with Gasteiger partial charge in [0.2, 0.25) is 5.91 Å². The lowest BCUT2D eigenvalue weighted by Gasteiger charge is -2.10. The van der Waals surface area contributed by atoms with E-state index in [-0.39, 0.29) is 18.4 Å². The number of benzene rings is 1. The number of rotatable bonds is 6. The zero-order valence-corrected chi connectivity index (χ0v) is 12.1. The first kappa shape index (κ1) is 15.7. The van der Waals surface area contributed by atoms with Crippen LogP contribution in [0.25, 0.3) is 5.57 Å². The predicted octanol–water partition coefficient (Wildman–Crippen LogP) is 2.88. The number of carbonyl (C=O) groups excluding carboxylic acids is 1. The van der Waals surface area contributed by atoms with Gasteiger partial charge in [-0.3, -0.25) is 4.79 Å². The summed E-state index contributed by atoms with van der Waals surface area (Å²) in [6.45, 7) is 4.55. The highest BCUT2D eigenvalue weighted by Crippen LogP contribution is 2.22. The summed E-state index contributed by atoms with van der Waals surface area (Å²) in [6, 6.07) is 7.43. The van der Waals surface area contributed by atoms with Crippen LogP contribution in [-0.2, 0) is 4.79 Å². The van der Waals surface area contributed by atoms with Crippen LogP contribution in [0.1, 0.15) is 25.8 Å². The van der Waals surface area contributed by atoms with Gasteiger partial charge in [0.05, 0.1) is 0 Å². The van der Waals surface area contributed by atoms with E-state index in [9.17, 15) is 4.79 Å². The van der Waals surface area contributed by atoms with Crippen molar-refractivity contribution in [3.8, 4) is 0 Å². The molecule has 1 aromatic rings. The maximum absolute atomic E-state index is 11.8. The Morgan fingerprint density at radius 3 is 2.79 bits per heavy atom. The SMILES string of the molecule is C/C(=C/C(=O)NCC(C)CCO)c1ccccc1Cl. The molecule has 0 aliphatic rings. The number of hydrogen-bond acceptors (Lipinski definition) is 2. The Bertz CT molecular complexity index is 457. The van der Waals surface area contributed by atoms with Crippen LogP contribution in [0.5, 0.6) is 0 Å². The first-order valence-electron chi connectivity index (χ1n) is 6.36. The molecule has 0 saturated carbocycles. The first-order chi connectivity index (χ1) is 9.04. The van der Waals surface area contributed by atoms with E-state index in [0.29, 0.717) is 18.0 Å². The van der Waals surface area contributed by atoms with E-state index < -0.39 is 0 Å². The van der Waals surface area contributed by atoms with E-state index in [4.69, 9.17) is 16.7 Å². The largest absolute Gasteiger partial charge is 0.396 e. The molecule has 1 amide bonds. The summed E-state index contributed by atoms with van der Waals surface area (Å²) in [4.78, 5) is 11.8. The predicted molar refractivity (Wildman–Crippen MR) is 79.0 cm³/mol. The molecule has 0 saturated heterocycles. The minimum absolute atomic E-state index is 0.137. The van der Waals surface area contributed by atoms with Gasteiger partial charge in [-0.05, 0) is 36.5 Å². The van der Waals surface area contributed by atoms with Gasteiger partial charge in [0.1, 0.15) is 0 Å². The van der Waals surface area contributed by atoms with Crippen LogP contribution in [0.4, 0.5) is 0 Å². The normalized spacial score (nSPS) is 13.2. The summed E-state index contributed by atoms with van der Waals surface area (Å²) >= 11 is 6.07. The fourth-order valence-corrected chi connectivity index (χ4v) is 1.99. The van der Waals surface area contributed by atoms with E-state index in [1.54, 1.807) is 12.1 Å². The molecule has 0 fully saturated rings. The summed E-state index contributed by atoms with van der Waals surface area (Å²) in [5.41, 5.74) is 1.70. The summed E-state index contributed by atoms with van der Waals surface area (Å²) in [6.07, 6.45) is 2.24. The van der Waals surface area contributed by atoms with Crippen molar-refractivity contribution in [2.75, 3.05) is 13.2 Å².